The maximum Gasteiger partial charge on any atom is 0.0622 e. The van der Waals surface area contributed by atoms with Gasteiger partial charge in [0.25, 0.3) is 0 Å². The van der Waals surface area contributed by atoms with E-state index in [0.29, 0.717) is 6.04 Å². The van der Waals surface area contributed by atoms with Crippen molar-refractivity contribution in [1.82, 2.24) is 9.80 Å². The lowest BCUT2D eigenvalue weighted by Crippen LogP contribution is -2.50. The molecule has 1 heterocycles. The normalized spacial score (nSPS) is 24.0. The highest BCUT2D eigenvalue weighted by atomic mass is 16.5. The standard InChI is InChI=1S/C17H36N2O/c1-15(8-7-10-17(3,4)20-6)9-11-19-13-12-18(5)16(2)14-19/h15-16H,7-14H2,1-6H3. The summed E-state index contributed by atoms with van der Waals surface area (Å²) in [5.41, 5.74) is 0.0482. The summed E-state index contributed by atoms with van der Waals surface area (Å²) in [4.78, 5) is 5.10. The zero-order valence-electron chi connectivity index (χ0n) is 14.6. The summed E-state index contributed by atoms with van der Waals surface area (Å²) in [5.74, 6) is 0.831. The zero-order valence-corrected chi connectivity index (χ0v) is 14.6. The van der Waals surface area contributed by atoms with E-state index in [2.05, 4.69) is 44.5 Å². The molecule has 0 aromatic heterocycles. The van der Waals surface area contributed by atoms with Gasteiger partial charge in [-0.15, -0.1) is 0 Å². The maximum atomic E-state index is 5.48. The third-order valence-electron chi connectivity index (χ3n) is 5.01. The Labute approximate surface area is 126 Å². The molecule has 1 fully saturated rings. The van der Waals surface area contributed by atoms with Crippen LogP contribution in [0.5, 0.6) is 0 Å². The van der Waals surface area contributed by atoms with E-state index in [-0.39, 0.29) is 5.60 Å². The third-order valence-corrected chi connectivity index (χ3v) is 5.01. The van der Waals surface area contributed by atoms with Crippen LogP contribution in [0.25, 0.3) is 0 Å². The minimum Gasteiger partial charge on any atom is -0.379 e. The molecule has 0 radical (unpaired) electrons. The lowest BCUT2D eigenvalue weighted by molar-refractivity contribution is 0.0125. The van der Waals surface area contributed by atoms with Crippen LogP contribution in [0.1, 0.15) is 53.4 Å². The number of rotatable bonds is 8. The summed E-state index contributed by atoms with van der Waals surface area (Å²) in [5, 5.41) is 0. The van der Waals surface area contributed by atoms with Crippen molar-refractivity contribution >= 4 is 0 Å². The Balaban J connectivity index is 2.12. The Morgan fingerprint density at radius 3 is 2.55 bits per heavy atom. The third kappa shape index (κ3) is 6.55. The van der Waals surface area contributed by atoms with E-state index in [4.69, 9.17) is 4.74 Å². The van der Waals surface area contributed by atoms with E-state index in [1.807, 2.05) is 7.11 Å². The van der Waals surface area contributed by atoms with Gasteiger partial charge in [0.05, 0.1) is 5.60 Å². The number of likely N-dealkylation sites (N-methyl/N-ethyl adjacent to an activating group) is 1. The first-order chi connectivity index (χ1) is 9.34. The topological polar surface area (TPSA) is 15.7 Å². The lowest BCUT2D eigenvalue weighted by atomic mass is 9.95. The number of ether oxygens (including phenoxy) is 1. The molecule has 120 valence electrons. The SMILES string of the molecule is COC(C)(C)CCCC(C)CCN1CCN(C)C(C)C1. The number of piperazine rings is 1. The minimum atomic E-state index is 0.0482. The van der Waals surface area contributed by atoms with Crippen LogP contribution in [0, 0.1) is 5.92 Å². The van der Waals surface area contributed by atoms with Crippen LogP contribution >= 0.6 is 0 Å². The van der Waals surface area contributed by atoms with Crippen LogP contribution in [-0.2, 0) is 4.74 Å². The van der Waals surface area contributed by atoms with Gasteiger partial charge in [-0.3, -0.25) is 0 Å². The fraction of sp³-hybridized carbons (Fsp3) is 1.00. The van der Waals surface area contributed by atoms with Gasteiger partial charge in [-0.25, -0.2) is 0 Å². The predicted molar refractivity (Wildman–Crippen MR) is 87.3 cm³/mol. The largest absolute Gasteiger partial charge is 0.379 e. The molecule has 3 nitrogen and oxygen atoms in total. The van der Waals surface area contributed by atoms with Crippen LogP contribution in [0.15, 0.2) is 0 Å². The number of methoxy groups -OCH3 is 1. The molecule has 2 atom stereocenters. The summed E-state index contributed by atoms with van der Waals surface area (Å²) in [6.07, 6.45) is 5.11. The summed E-state index contributed by atoms with van der Waals surface area (Å²) in [6, 6.07) is 0.710. The van der Waals surface area contributed by atoms with Gasteiger partial charge in [-0.05, 0) is 53.1 Å². The van der Waals surface area contributed by atoms with Crippen molar-refractivity contribution in [2.45, 2.75) is 65.0 Å². The molecule has 0 aromatic carbocycles. The van der Waals surface area contributed by atoms with Gasteiger partial charge in [-0.1, -0.05) is 19.8 Å². The van der Waals surface area contributed by atoms with Gasteiger partial charge < -0.3 is 14.5 Å². The van der Waals surface area contributed by atoms with Crippen molar-refractivity contribution in [1.29, 1.82) is 0 Å². The van der Waals surface area contributed by atoms with E-state index >= 15 is 0 Å². The molecule has 0 spiro atoms. The lowest BCUT2D eigenvalue weighted by Gasteiger charge is -2.38. The molecule has 1 saturated heterocycles. The summed E-state index contributed by atoms with van der Waals surface area (Å²) in [6.45, 7) is 14.1. The predicted octanol–water partition coefficient (Wildman–Crippen LogP) is 3.24. The molecule has 0 amide bonds. The summed E-state index contributed by atoms with van der Waals surface area (Å²) in [7, 11) is 4.06. The Morgan fingerprint density at radius 1 is 1.25 bits per heavy atom. The molecule has 2 unspecified atom stereocenters. The highest BCUT2D eigenvalue weighted by molar-refractivity contribution is 4.77. The number of hydrogen-bond acceptors (Lipinski definition) is 3. The molecule has 1 aliphatic heterocycles. The average molecular weight is 284 g/mol. The van der Waals surface area contributed by atoms with Crippen molar-refractivity contribution in [2.24, 2.45) is 5.92 Å². The van der Waals surface area contributed by atoms with E-state index in [1.54, 1.807) is 0 Å². The van der Waals surface area contributed by atoms with Crippen LogP contribution in [0.3, 0.4) is 0 Å². The Hall–Kier alpha value is -0.120. The van der Waals surface area contributed by atoms with Crippen molar-refractivity contribution in [3.05, 3.63) is 0 Å². The molecule has 20 heavy (non-hydrogen) atoms. The Kier molecular flexibility index (Phi) is 7.49. The molecule has 0 bridgehead atoms. The molecular weight excluding hydrogens is 248 g/mol. The maximum absolute atomic E-state index is 5.48. The van der Waals surface area contributed by atoms with Crippen molar-refractivity contribution in [2.75, 3.05) is 40.3 Å². The van der Waals surface area contributed by atoms with E-state index in [1.165, 1.54) is 51.9 Å². The molecular formula is C17H36N2O. The molecule has 3 heteroatoms. The quantitative estimate of drug-likeness (QED) is 0.680. The van der Waals surface area contributed by atoms with E-state index in [9.17, 15) is 0 Å². The molecule has 0 aliphatic carbocycles. The summed E-state index contributed by atoms with van der Waals surface area (Å²) >= 11 is 0. The van der Waals surface area contributed by atoms with Crippen molar-refractivity contribution < 1.29 is 4.74 Å². The highest BCUT2D eigenvalue weighted by Crippen LogP contribution is 2.20. The first kappa shape index (κ1) is 17.9. The average Bonchev–Trinajstić information content (AvgIpc) is 2.40. The molecule has 1 rings (SSSR count). The fourth-order valence-electron chi connectivity index (χ4n) is 2.85. The molecule has 0 aromatic rings. The van der Waals surface area contributed by atoms with Crippen molar-refractivity contribution in [3.63, 3.8) is 0 Å². The number of nitrogens with zero attached hydrogens (tertiary/aromatic N) is 2. The highest BCUT2D eigenvalue weighted by Gasteiger charge is 2.21. The van der Waals surface area contributed by atoms with Crippen molar-refractivity contribution in [3.8, 4) is 0 Å². The van der Waals surface area contributed by atoms with Gasteiger partial charge in [0.2, 0.25) is 0 Å². The second-order valence-electron chi connectivity index (χ2n) is 7.38. The molecule has 0 saturated carbocycles. The van der Waals surface area contributed by atoms with Gasteiger partial charge in [-0.2, -0.15) is 0 Å². The minimum absolute atomic E-state index is 0.0482. The van der Waals surface area contributed by atoms with Crippen LogP contribution in [0.4, 0.5) is 0 Å². The first-order valence-electron chi connectivity index (χ1n) is 8.32. The molecule has 0 N–H and O–H groups in total. The van der Waals surface area contributed by atoms with Gasteiger partial charge in [0.1, 0.15) is 0 Å². The Bertz CT molecular complexity index is 268. The van der Waals surface area contributed by atoms with E-state index in [0.717, 1.165) is 5.92 Å². The fourth-order valence-corrected chi connectivity index (χ4v) is 2.85. The first-order valence-corrected chi connectivity index (χ1v) is 8.32. The van der Waals surface area contributed by atoms with Crippen LogP contribution in [0.2, 0.25) is 0 Å². The van der Waals surface area contributed by atoms with Gasteiger partial charge >= 0.3 is 0 Å². The smallest absolute Gasteiger partial charge is 0.0622 e. The second kappa shape index (κ2) is 8.35. The Morgan fingerprint density at radius 2 is 1.95 bits per heavy atom. The monoisotopic (exact) mass is 284 g/mol. The summed E-state index contributed by atoms with van der Waals surface area (Å²) < 4.78 is 5.48. The molecule has 1 aliphatic rings. The van der Waals surface area contributed by atoms with Crippen LogP contribution in [-0.4, -0.2) is 61.8 Å². The zero-order chi connectivity index (χ0) is 15.2. The van der Waals surface area contributed by atoms with Gasteiger partial charge in [0.15, 0.2) is 0 Å². The van der Waals surface area contributed by atoms with E-state index < -0.39 is 0 Å². The van der Waals surface area contributed by atoms with Gasteiger partial charge in [0, 0.05) is 32.8 Å². The number of hydrogen-bond donors (Lipinski definition) is 0. The second-order valence-corrected chi connectivity index (χ2v) is 7.38. The van der Waals surface area contributed by atoms with Crippen LogP contribution < -0.4 is 0 Å².